The van der Waals surface area contributed by atoms with Crippen molar-refractivity contribution in [3.8, 4) is 0 Å². The van der Waals surface area contributed by atoms with Crippen molar-refractivity contribution in [1.29, 1.82) is 0 Å². The van der Waals surface area contributed by atoms with Crippen LogP contribution in [0.4, 0.5) is 0 Å². The summed E-state index contributed by atoms with van der Waals surface area (Å²) in [6.45, 7) is 6.85. The van der Waals surface area contributed by atoms with Crippen molar-refractivity contribution in [1.82, 2.24) is 0 Å². The van der Waals surface area contributed by atoms with Crippen molar-refractivity contribution >= 4 is 6.08 Å². The molecule has 0 unspecified atom stereocenters. The monoisotopic (exact) mass is 202 g/mol. The quantitative estimate of drug-likeness (QED) is 0.742. The molecule has 0 atom stereocenters. The third kappa shape index (κ3) is 1.98. The highest BCUT2D eigenvalue weighted by molar-refractivity contribution is 5.65. The summed E-state index contributed by atoms with van der Waals surface area (Å²) in [7, 11) is 0. The zero-order valence-electron chi connectivity index (χ0n) is 9.67. The highest BCUT2D eigenvalue weighted by Gasteiger charge is 2.17. The molecule has 2 rings (SSSR count). The van der Waals surface area contributed by atoms with E-state index in [0.717, 1.165) is 12.0 Å². The van der Waals surface area contributed by atoms with Crippen LogP contribution in [0.15, 0.2) is 23.8 Å². The van der Waals surface area contributed by atoms with Crippen LogP contribution in [0.3, 0.4) is 0 Å². The molecule has 0 aliphatic heterocycles. The average Bonchev–Trinajstić information content (AvgIpc) is 2.57. The van der Waals surface area contributed by atoms with Crippen molar-refractivity contribution in [2.45, 2.75) is 32.6 Å². The Hall–Kier alpha value is -1.08. The second kappa shape index (κ2) is 3.49. The maximum atomic E-state index is 9.10. The molecule has 15 heavy (non-hydrogen) atoms. The van der Waals surface area contributed by atoms with Gasteiger partial charge in [0.05, 0.1) is 6.61 Å². The van der Waals surface area contributed by atoms with Crippen LogP contribution < -0.4 is 0 Å². The molecular weight excluding hydrogens is 184 g/mol. The fraction of sp³-hybridized carbons (Fsp3) is 0.429. The predicted octanol–water partition coefficient (Wildman–Crippen LogP) is 2.92. The SMILES string of the molecule is CC(C)(C)c1ccc2c(c1)C=C(CO)C2. The maximum absolute atomic E-state index is 9.10. The summed E-state index contributed by atoms with van der Waals surface area (Å²) in [5.41, 5.74) is 5.30. The van der Waals surface area contributed by atoms with E-state index in [1.54, 1.807) is 0 Å². The Morgan fingerprint density at radius 1 is 1.27 bits per heavy atom. The first kappa shape index (κ1) is 10.4. The zero-order chi connectivity index (χ0) is 11.1. The summed E-state index contributed by atoms with van der Waals surface area (Å²) in [6.07, 6.45) is 3.03. The molecule has 0 saturated carbocycles. The summed E-state index contributed by atoms with van der Waals surface area (Å²) in [5.74, 6) is 0. The van der Waals surface area contributed by atoms with Crippen LogP contribution in [-0.4, -0.2) is 11.7 Å². The fourth-order valence-corrected chi connectivity index (χ4v) is 1.97. The lowest BCUT2D eigenvalue weighted by Gasteiger charge is -2.19. The molecule has 0 fully saturated rings. The highest BCUT2D eigenvalue weighted by atomic mass is 16.3. The molecule has 1 aliphatic rings. The van der Waals surface area contributed by atoms with E-state index in [2.05, 4.69) is 45.0 Å². The van der Waals surface area contributed by atoms with Gasteiger partial charge in [0, 0.05) is 0 Å². The van der Waals surface area contributed by atoms with Crippen molar-refractivity contribution in [3.63, 3.8) is 0 Å². The molecule has 0 radical (unpaired) electrons. The molecule has 80 valence electrons. The fourth-order valence-electron chi connectivity index (χ4n) is 1.97. The van der Waals surface area contributed by atoms with E-state index in [1.165, 1.54) is 16.7 Å². The second-order valence-electron chi connectivity index (χ2n) is 5.30. The van der Waals surface area contributed by atoms with E-state index >= 15 is 0 Å². The van der Waals surface area contributed by atoms with Gasteiger partial charge in [-0.1, -0.05) is 45.0 Å². The van der Waals surface area contributed by atoms with E-state index in [4.69, 9.17) is 5.11 Å². The minimum atomic E-state index is 0.180. The summed E-state index contributed by atoms with van der Waals surface area (Å²) in [6, 6.07) is 6.64. The Morgan fingerprint density at radius 3 is 2.60 bits per heavy atom. The molecule has 0 heterocycles. The van der Waals surface area contributed by atoms with Gasteiger partial charge in [-0.05, 0) is 34.1 Å². The number of hydrogen-bond acceptors (Lipinski definition) is 1. The maximum Gasteiger partial charge on any atom is 0.0648 e. The Balaban J connectivity index is 2.40. The lowest BCUT2D eigenvalue weighted by Crippen LogP contribution is -2.11. The molecular formula is C14H18O. The number of benzene rings is 1. The Labute approximate surface area is 91.4 Å². The number of aliphatic hydroxyl groups is 1. The van der Waals surface area contributed by atoms with Gasteiger partial charge in [-0.25, -0.2) is 0 Å². The van der Waals surface area contributed by atoms with Gasteiger partial charge in [-0.2, -0.15) is 0 Å². The minimum absolute atomic E-state index is 0.180. The summed E-state index contributed by atoms with van der Waals surface area (Å²) < 4.78 is 0. The van der Waals surface area contributed by atoms with Gasteiger partial charge in [0.1, 0.15) is 0 Å². The van der Waals surface area contributed by atoms with Gasteiger partial charge < -0.3 is 5.11 Å². The van der Waals surface area contributed by atoms with Crippen LogP contribution in [0.5, 0.6) is 0 Å². The molecule has 0 bridgehead atoms. The van der Waals surface area contributed by atoms with Crippen molar-refractivity contribution in [2.24, 2.45) is 0 Å². The zero-order valence-corrected chi connectivity index (χ0v) is 9.67. The molecule has 0 aromatic heterocycles. The molecule has 0 amide bonds. The van der Waals surface area contributed by atoms with Gasteiger partial charge in [-0.15, -0.1) is 0 Å². The number of fused-ring (bicyclic) bond motifs is 1. The lowest BCUT2D eigenvalue weighted by molar-refractivity contribution is 0.330. The van der Waals surface area contributed by atoms with E-state index in [-0.39, 0.29) is 12.0 Å². The predicted molar refractivity (Wildman–Crippen MR) is 63.9 cm³/mol. The Morgan fingerprint density at radius 2 is 2.00 bits per heavy atom. The second-order valence-corrected chi connectivity index (χ2v) is 5.30. The van der Waals surface area contributed by atoms with Gasteiger partial charge >= 0.3 is 0 Å². The number of hydrogen-bond donors (Lipinski definition) is 1. The summed E-state index contributed by atoms with van der Waals surface area (Å²) in [4.78, 5) is 0. The molecule has 0 spiro atoms. The standard InChI is InChI=1S/C14H18O/c1-14(2,3)13-5-4-11-6-10(9-15)7-12(11)8-13/h4-5,7-8,15H,6,9H2,1-3H3. The van der Waals surface area contributed by atoms with Crippen molar-refractivity contribution in [2.75, 3.05) is 6.61 Å². The molecule has 1 heteroatoms. The topological polar surface area (TPSA) is 20.2 Å². The first-order valence-electron chi connectivity index (χ1n) is 5.44. The molecule has 1 N–H and O–H groups in total. The summed E-state index contributed by atoms with van der Waals surface area (Å²) in [5, 5.41) is 9.10. The van der Waals surface area contributed by atoms with Gasteiger partial charge in [-0.3, -0.25) is 0 Å². The molecule has 1 aromatic rings. The first-order chi connectivity index (χ1) is 7.00. The van der Waals surface area contributed by atoms with Crippen LogP contribution in [0.25, 0.3) is 6.08 Å². The third-order valence-corrected chi connectivity index (χ3v) is 2.99. The number of aliphatic hydroxyl groups excluding tert-OH is 1. The van der Waals surface area contributed by atoms with E-state index in [9.17, 15) is 0 Å². The van der Waals surface area contributed by atoms with Crippen molar-refractivity contribution < 1.29 is 5.11 Å². The van der Waals surface area contributed by atoms with Crippen molar-refractivity contribution in [3.05, 3.63) is 40.5 Å². The third-order valence-electron chi connectivity index (χ3n) is 2.99. The largest absolute Gasteiger partial charge is 0.392 e. The normalized spacial score (nSPS) is 15.1. The smallest absolute Gasteiger partial charge is 0.0648 e. The van der Waals surface area contributed by atoms with Crippen LogP contribution in [-0.2, 0) is 11.8 Å². The molecule has 1 aliphatic carbocycles. The van der Waals surface area contributed by atoms with Crippen LogP contribution in [0.2, 0.25) is 0 Å². The van der Waals surface area contributed by atoms with Gasteiger partial charge in [0.15, 0.2) is 0 Å². The van der Waals surface area contributed by atoms with E-state index < -0.39 is 0 Å². The first-order valence-corrected chi connectivity index (χ1v) is 5.44. The molecule has 0 saturated heterocycles. The van der Waals surface area contributed by atoms with Gasteiger partial charge in [0.2, 0.25) is 0 Å². The average molecular weight is 202 g/mol. The Bertz CT molecular complexity index is 408. The van der Waals surface area contributed by atoms with E-state index in [0.29, 0.717) is 0 Å². The number of rotatable bonds is 1. The van der Waals surface area contributed by atoms with E-state index in [1.807, 2.05) is 0 Å². The van der Waals surface area contributed by atoms with Crippen LogP contribution in [0.1, 0.15) is 37.5 Å². The van der Waals surface area contributed by atoms with Crippen LogP contribution in [0, 0.1) is 0 Å². The minimum Gasteiger partial charge on any atom is -0.392 e. The summed E-state index contributed by atoms with van der Waals surface area (Å²) >= 11 is 0. The Kier molecular flexibility index (Phi) is 2.43. The molecule has 1 aromatic carbocycles. The van der Waals surface area contributed by atoms with Gasteiger partial charge in [0.25, 0.3) is 0 Å². The van der Waals surface area contributed by atoms with Crippen LogP contribution >= 0.6 is 0 Å². The molecule has 1 nitrogen and oxygen atoms in total. The highest BCUT2D eigenvalue weighted by Crippen LogP contribution is 2.30. The lowest BCUT2D eigenvalue weighted by atomic mass is 9.85.